The van der Waals surface area contributed by atoms with Crippen LogP contribution in [0.3, 0.4) is 0 Å². The van der Waals surface area contributed by atoms with Crippen LogP contribution in [0.15, 0.2) is 11.6 Å². The lowest BCUT2D eigenvalue weighted by Crippen LogP contribution is -2.69. The zero-order valence-corrected chi connectivity index (χ0v) is 22.4. The predicted octanol–water partition coefficient (Wildman–Crippen LogP) is 4.83. The number of allylic oxidation sites excluding steroid dienone is 1. The number of fused-ring (bicyclic) bond motifs is 6. The molecule has 0 aromatic carbocycles. The quantitative estimate of drug-likeness (QED) is 0.611. The van der Waals surface area contributed by atoms with Gasteiger partial charge in [-0.3, -0.25) is 9.59 Å². The molecule has 196 valence electrons. The molecule has 1 heterocycles. The monoisotopic (exact) mass is 488 g/mol. The summed E-state index contributed by atoms with van der Waals surface area (Å²) in [5.41, 5.74) is -0.482. The van der Waals surface area contributed by atoms with Crippen LogP contribution in [-0.2, 0) is 23.8 Å². The van der Waals surface area contributed by atoms with Gasteiger partial charge in [-0.25, -0.2) is 0 Å². The van der Waals surface area contributed by atoms with Crippen molar-refractivity contribution in [3.63, 3.8) is 0 Å². The summed E-state index contributed by atoms with van der Waals surface area (Å²) in [6.45, 7) is 13.3. The minimum atomic E-state index is -1.21. The highest BCUT2D eigenvalue weighted by atomic mass is 16.9. The maximum atomic E-state index is 13.8. The van der Waals surface area contributed by atoms with E-state index in [1.165, 1.54) is 5.57 Å². The van der Waals surface area contributed by atoms with E-state index in [-0.39, 0.29) is 47.3 Å². The Morgan fingerprint density at radius 3 is 2.60 bits per heavy atom. The standard InChI is InChI=1S/C29H44O6/c1-7-10-28(33-8-2)34-16-24(32)29(35-28)18(4)13-22-20-12-17(3)21-14-19(30)9-11-26(21,5)25(20)23(31)15-27(22,29)6/h14,17-18,20,22-23,25,31H,7-13,15-16H2,1-6H3/t17-,18-,20-,22-,23-,25+,26-,27-,28?,29-/m0/s1. The maximum absolute atomic E-state index is 13.8. The Morgan fingerprint density at radius 2 is 1.91 bits per heavy atom. The van der Waals surface area contributed by atoms with Gasteiger partial charge in [0.2, 0.25) is 0 Å². The normalized spacial score (nSPS) is 51.6. The van der Waals surface area contributed by atoms with Gasteiger partial charge in [0.05, 0.1) is 6.10 Å². The van der Waals surface area contributed by atoms with Gasteiger partial charge in [0.1, 0.15) is 12.2 Å². The number of hydrogen-bond acceptors (Lipinski definition) is 6. The summed E-state index contributed by atoms with van der Waals surface area (Å²) in [5, 5.41) is 11.9. The molecule has 0 bridgehead atoms. The molecule has 1 aliphatic heterocycles. The molecule has 4 aliphatic carbocycles. The van der Waals surface area contributed by atoms with Crippen LogP contribution < -0.4 is 0 Å². The minimum Gasteiger partial charge on any atom is -0.393 e. The smallest absolute Gasteiger partial charge is 0.284 e. The van der Waals surface area contributed by atoms with Gasteiger partial charge < -0.3 is 19.3 Å². The van der Waals surface area contributed by atoms with Gasteiger partial charge in [-0.15, -0.1) is 0 Å². The fourth-order valence-corrected chi connectivity index (χ4v) is 9.66. The molecule has 1 N–H and O–H groups in total. The van der Waals surface area contributed by atoms with Gasteiger partial charge in [0.25, 0.3) is 5.97 Å². The first kappa shape index (κ1) is 25.6. The largest absolute Gasteiger partial charge is 0.393 e. The molecule has 10 atom stereocenters. The van der Waals surface area contributed by atoms with Gasteiger partial charge in [0, 0.05) is 24.9 Å². The van der Waals surface area contributed by atoms with E-state index in [1.54, 1.807) is 0 Å². The number of rotatable bonds is 4. The Kier molecular flexibility index (Phi) is 6.19. The minimum absolute atomic E-state index is 0.00419. The molecular weight excluding hydrogens is 444 g/mol. The third-order valence-corrected chi connectivity index (χ3v) is 10.8. The number of carbonyl (C=O) groups is 2. The lowest BCUT2D eigenvalue weighted by atomic mass is 9.44. The van der Waals surface area contributed by atoms with E-state index in [0.717, 1.165) is 25.7 Å². The molecule has 0 aromatic rings. The van der Waals surface area contributed by atoms with Crippen LogP contribution in [0.4, 0.5) is 0 Å². The number of hydrogen-bond donors (Lipinski definition) is 1. The molecule has 4 fully saturated rings. The number of aliphatic hydroxyl groups excluding tert-OH is 1. The first-order valence-electron chi connectivity index (χ1n) is 13.9. The third-order valence-electron chi connectivity index (χ3n) is 10.8. The van der Waals surface area contributed by atoms with Crippen LogP contribution in [-0.4, -0.2) is 47.6 Å². The average molecular weight is 489 g/mol. The number of carbonyl (C=O) groups excluding carboxylic acids is 2. The summed E-state index contributed by atoms with van der Waals surface area (Å²) in [6, 6.07) is 0. The van der Waals surface area contributed by atoms with Crippen molar-refractivity contribution >= 4 is 11.6 Å². The first-order valence-corrected chi connectivity index (χ1v) is 13.9. The zero-order chi connectivity index (χ0) is 25.4. The lowest BCUT2D eigenvalue weighted by molar-refractivity contribution is -0.436. The molecule has 0 amide bonds. The molecule has 6 nitrogen and oxygen atoms in total. The average Bonchev–Trinajstić information content (AvgIpc) is 3.00. The van der Waals surface area contributed by atoms with Gasteiger partial charge >= 0.3 is 0 Å². The Labute approximate surface area is 210 Å². The second-order valence-corrected chi connectivity index (χ2v) is 12.7. The molecule has 0 aromatic heterocycles. The molecule has 1 saturated heterocycles. The van der Waals surface area contributed by atoms with Crippen LogP contribution in [0, 0.1) is 40.4 Å². The second kappa shape index (κ2) is 8.47. The summed E-state index contributed by atoms with van der Waals surface area (Å²) in [4.78, 5) is 26.1. The molecule has 1 spiro atoms. The van der Waals surface area contributed by atoms with Crippen molar-refractivity contribution in [3.8, 4) is 0 Å². The maximum Gasteiger partial charge on any atom is 0.284 e. The summed E-state index contributed by atoms with van der Waals surface area (Å²) < 4.78 is 18.9. The number of ketones is 2. The summed E-state index contributed by atoms with van der Waals surface area (Å²) >= 11 is 0. The van der Waals surface area contributed by atoms with Gasteiger partial charge in [-0.05, 0) is 80.1 Å². The highest BCUT2D eigenvalue weighted by Crippen LogP contribution is 2.71. The van der Waals surface area contributed by atoms with Crippen molar-refractivity contribution in [2.45, 2.75) is 104 Å². The SMILES string of the molecule is CCCC1(OCC)OCC(=O)[C@@]2(O1)[C@@H](C)C[C@H]1[C@@H]3C[C@H](C)C4=CC(=O)CC[C@]4(C)[C@H]3[C@@H](O)C[C@@]12C. The van der Waals surface area contributed by atoms with E-state index in [4.69, 9.17) is 14.2 Å². The predicted molar refractivity (Wildman–Crippen MR) is 131 cm³/mol. The first-order chi connectivity index (χ1) is 16.5. The van der Waals surface area contributed by atoms with E-state index in [9.17, 15) is 14.7 Å². The summed E-state index contributed by atoms with van der Waals surface area (Å²) in [6.07, 6.45) is 6.43. The number of aliphatic hydroxyl groups is 1. The Hall–Kier alpha value is -1.08. The van der Waals surface area contributed by atoms with Crippen molar-refractivity contribution < 1.29 is 28.9 Å². The van der Waals surface area contributed by atoms with Gasteiger partial charge in [0.15, 0.2) is 11.6 Å². The van der Waals surface area contributed by atoms with Crippen LogP contribution in [0.1, 0.15) is 86.5 Å². The lowest BCUT2D eigenvalue weighted by Gasteiger charge is -2.63. The van der Waals surface area contributed by atoms with Crippen LogP contribution >= 0.6 is 0 Å². The van der Waals surface area contributed by atoms with E-state index < -0.39 is 23.1 Å². The van der Waals surface area contributed by atoms with Crippen LogP contribution in [0.25, 0.3) is 0 Å². The van der Waals surface area contributed by atoms with E-state index in [0.29, 0.717) is 31.8 Å². The fourth-order valence-electron chi connectivity index (χ4n) is 9.66. The Bertz CT molecular complexity index is 920. The molecule has 35 heavy (non-hydrogen) atoms. The van der Waals surface area contributed by atoms with Crippen LogP contribution in [0.2, 0.25) is 0 Å². The van der Waals surface area contributed by atoms with Crippen molar-refractivity contribution in [1.82, 2.24) is 0 Å². The molecule has 5 aliphatic rings. The highest BCUT2D eigenvalue weighted by Gasteiger charge is 2.74. The van der Waals surface area contributed by atoms with Gasteiger partial charge in [-0.2, -0.15) is 0 Å². The second-order valence-electron chi connectivity index (χ2n) is 12.7. The van der Waals surface area contributed by atoms with Crippen LogP contribution in [0.5, 0.6) is 0 Å². The van der Waals surface area contributed by atoms with Crippen molar-refractivity contribution in [1.29, 1.82) is 0 Å². The number of ether oxygens (including phenoxy) is 3. The summed E-state index contributed by atoms with van der Waals surface area (Å²) in [5.74, 6) is -0.0698. The zero-order valence-electron chi connectivity index (χ0n) is 22.4. The van der Waals surface area contributed by atoms with Crippen molar-refractivity contribution in [2.75, 3.05) is 13.2 Å². The van der Waals surface area contributed by atoms with E-state index in [2.05, 4.69) is 34.6 Å². The Morgan fingerprint density at radius 1 is 1.17 bits per heavy atom. The molecule has 1 unspecified atom stereocenters. The molecule has 6 heteroatoms. The molecule has 3 saturated carbocycles. The molecular formula is C29H44O6. The Balaban J connectivity index is 1.58. The van der Waals surface area contributed by atoms with Gasteiger partial charge in [-0.1, -0.05) is 40.2 Å². The topological polar surface area (TPSA) is 82.1 Å². The van der Waals surface area contributed by atoms with E-state index in [1.807, 2.05) is 13.0 Å². The van der Waals surface area contributed by atoms with Crippen molar-refractivity contribution in [3.05, 3.63) is 11.6 Å². The molecule has 0 radical (unpaired) electrons. The third kappa shape index (κ3) is 3.35. The molecule has 5 rings (SSSR count). The number of Topliss-reactive ketones (excluding diaryl/α,β-unsaturated/α-hetero) is 1. The van der Waals surface area contributed by atoms with E-state index >= 15 is 0 Å². The highest BCUT2D eigenvalue weighted by molar-refractivity contribution is 5.92. The fraction of sp³-hybridized carbons (Fsp3) is 0.862. The van der Waals surface area contributed by atoms with Crippen molar-refractivity contribution in [2.24, 2.45) is 40.4 Å². The summed E-state index contributed by atoms with van der Waals surface area (Å²) in [7, 11) is 0.